The van der Waals surface area contributed by atoms with Gasteiger partial charge in [-0.1, -0.05) is 0 Å². The number of rotatable bonds is 8. The number of hydrogen-bond acceptors (Lipinski definition) is 4. The van der Waals surface area contributed by atoms with Crippen LogP contribution in [0.1, 0.15) is 12.5 Å². The smallest absolute Gasteiger partial charge is 0.421 e. The van der Waals surface area contributed by atoms with E-state index in [0.717, 1.165) is 11.8 Å². The van der Waals surface area contributed by atoms with Gasteiger partial charge in [0.05, 0.1) is 13.1 Å². The van der Waals surface area contributed by atoms with Crippen molar-refractivity contribution in [1.29, 1.82) is 0 Å². The van der Waals surface area contributed by atoms with E-state index in [0.29, 0.717) is 25.6 Å². The summed E-state index contributed by atoms with van der Waals surface area (Å²) in [4.78, 5) is 7.97. The van der Waals surface area contributed by atoms with E-state index >= 15 is 0 Å². The summed E-state index contributed by atoms with van der Waals surface area (Å²) in [6.45, 7) is 3.66. The zero-order chi connectivity index (χ0) is 17.1. The first kappa shape index (κ1) is 23.1. The molecule has 5 nitrogen and oxygen atoms in total. The number of hydrogen-bond donors (Lipinski definition) is 2. The summed E-state index contributed by atoms with van der Waals surface area (Å²) < 4.78 is 43.5. The highest BCUT2D eigenvalue weighted by Gasteiger charge is 2.34. The number of nitrogens with zero attached hydrogens (tertiary/aromatic N) is 2. The lowest BCUT2D eigenvalue weighted by atomic mass is 10.2. The van der Waals surface area contributed by atoms with E-state index in [1.807, 2.05) is 13.2 Å². The summed E-state index contributed by atoms with van der Waals surface area (Å²) in [5.41, 5.74) is -0.874. The number of pyridine rings is 1. The number of aliphatic imine (C=N–C) groups is 1. The van der Waals surface area contributed by atoms with E-state index in [1.54, 1.807) is 11.8 Å². The summed E-state index contributed by atoms with van der Waals surface area (Å²) in [7, 11) is 0. The Labute approximate surface area is 161 Å². The fourth-order valence-corrected chi connectivity index (χ4v) is 1.90. The van der Waals surface area contributed by atoms with Gasteiger partial charge in [0.25, 0.3) is 0 Å². The normalized spacial score (nSPS) is 11.6. The van der Waals surface area contributed by atoms with Gasteiger partial charge in [0, 0.05) is 18.5 Å². The molecule has 0 saturated heterocycles. The minimum Gasteiger partial charge on any atom is -0.475 e. The Morgan fingerprint density at radius 1 is 1.38 bits per heavy atom. The Morgan fingerprint density at radius 2 is 2.12 bits per heavy atom. The highest BCUT2D eigenvalue weighted by atomic mass is 127. The van der Waals surface area contributed by atoms with Crippen LogP contribution in [0.15, 0.2) is 23.3 Å². The Hall–Kier alpha value is -0.910. The SMILES string of the molecule is CCNC(=NCCSC)NCCOc1ncccc1C(F)(F)F.I. The molecule has 0 unspecified atom stereocenters. The summed E-state index contributed by atoms with van der Waals surface area (Å²) in [6.07, 6.45) is -1.22. The van der Waals surface area contributed by atoms with Gasteiger partial charge in [0.15, 0.2) is 5.96 Å². The molecule has 0 amide bonds. The van der Waals surface area contributed by atoms with Gasteiger partial charge in [-0.15, -0.1) is 24.0 Å². The van der Waals surface area contributed by atoms with Crippen molar-refractivity contribution in [3.05, 3.63) is 23.9 Å². The molecule has 1 aromatic heterocycles. The number of guanidine groups is 1. The highest BCUT2D eigenvalue weighted by molar-refractivity contribution is 14.0. The number of halogens is 4. The zero-order valence-electron chi connectivity index (χ0n) is 13.5. The Kier molecular flexibility index (Phi) is 12.0. The number of alkyl halides is 3. The van der Waals surface area contributed by atoms with Crippen LogP contribution in [0.2, 0.25) is 0 Å². The van der Waals surface area contributed by atoms with Crippen molar-refractivity contribution in [2.45, 2.75) is 13.1 Å². The van der Waals surface area contributed by atoms with Gasteiger partial charge in [-0.3, -0.25) is 4.99 Å². The van der Waals surface area contributed by atoms with Gasteiger partial charge in [0.2, 0.25) is 5.88 Å². The largest absolute Gasteiger partial charge is 0.475 e. The van der Waals surface area contributed by atoms with Gasteiger partial charge in [-0.25, -0.2) is 4.98 Å². The predicted molar refractivity (Wildman–Crippen MR) is 103 cm³/mol. The molecule has 0 bridgehead atoms. The van der Waals surface area contributed by atoms with Crippen molar-refractivity contribution >= 4 is 41.7 Å². The highest BCUT2D eigenvalue weighted by Crippen LogP contribution is 2.34. The molecule has 138 valence electrons. The first-order chi connectivity index (χ1) is 11.0. The monoisotopic (exact) mass is 478 g/mol. The molecule has 0 aliphatic rings. The van der Waals surface area contributed by atoms with Crippen LogP contribution in [0.4, 0.5) is 13.2 Å². The second-order valence-electron chi connectivity index (χ2n) is 4.38. The minimum atomic E-state index is -4.48. The number of ether oxygens (including phenoxy) is 1. The molecule has 2 N–H and O–H groups in total. The van der Waals surface area contributed by atoms with Gasteiger partial charge in [-0.2, -0.15) is 24.9 Å². The molecule has 0 aliphatic carbocycles. The van der Waals surface area contributed by atoms with Crippen molar-refractivity contribution in [3.63, 3.8) is 0 Å². The molecule has 0 fully saturated rings. The van der Waals surface area contributed by atoms with Crippen LogP contribution < -0.4 is 15.4 Å². The standard InChI is InChI=1S/C14H21F3N4OS.HI/c1-3-18-13(21-8-10-23-2)20-7-9-22-12-11(14(15,16)17)5-4-6-19-12;/h4-6H,3,7-10H2,1-2H3,(H2,18,20,21);1H. The first-order valence-electron chi connectivity index (χ1n) is 7.15. The Morgan fingerprint density at radius 3 is 2.75 bits per heavy atom. The summed E-state index contributed by atoms with van der Waals surface area (Å²) in [5.74, 6) is 1.10. The van der Waals surface area contributed by atoms with E-state index in [4.69, 9.17) is 4.74 Å². The van der Waals surface area contributed by atoms with Crippen LogP contribution in [-0.4, -0.2) is 49.2 Å². The molecule has 1 rings (SSSR count). The van der Waals surface area contributed by atoms with Gasteiger partial charge >= 0.3 is 6.18 Å². The van der Waals surface area contributed by atoms with Crippen LogP contribution in [0.3, 0.4) is 0 Å². The lowest BCUT2D eigenvalue weighted by molar-refractivity contribution is -0.139. The first-order valence-corrected chi connectivity index (χ1v) is 8.54. The summed E-state index contributed by atoms with van der Waals surface area (Å²) in [5, 5.41) is 6.06. The van der Waals surface area contributed by atoms with E-state index in [2.05, 4.69) is 20.6 Å². The zero-order valence-corrected chi connectivity index (χ0v) is 16.7. The van der Waals surface area contributed by atoms with Crippen molar-refractivity contribution in [1.82, 2.24) is 15.6 Å². The molecule has 0 aromatic carbocycles. The lowest BCUT2D eigenvalue weighted by Gasteiger charge is -2.14. The molecule has 24 heavy (non-hydrogen) atoms. The maximum Gasteiger partial charge on any atom is 0.421 e. The average Bonchev–Trinajstić information content (AvgIpc) is 2.51. The molecule has 0 atom stereocenters. The molecule has 1 heterocycles. The van der Waals surface area contributed by atoms with Gasteiger partial charge in [-0.05, 0) is 25.3 Å². The van der Waals surface area contributed by atoms with E-state index in [9.17, 15) is 13.2 Å². The van der Waals surface area contributed by atoms with Crippen molar-refractivity contribution in [2.24, 2.45) is 4.99 Å². The van der Waals surface area contributed by atoms with E-state index in [-0.39, 0.29) is 30.6 Å². The molecule has 10 heteroatoms. The number of aromatic nitrogens is 1. The third-order valence-electron chi connectivity index (χ3n) is 2.62. The maximum atomic E-state index is 12.8. The summed E-state index contributed by atoms with van der Waals surface area (Å²) in [6, 6.07) is 2.18. The second-order valence-corrected chi connectivity index (χ2v) is 5.37. The summed E-state index contributed by atoms with van der Waals surface area (Å²) >= 11 is 1.69. The van der Waals surface area contributed by atoms with Crippen molar-refractivity contribution in [2.75, 3.05) is 38.2 Å². The van der Waals surface area contributed by atoms with Gasteiger partial charge < -0.3 is 15.4 Å². The van der Waals surface area contributed by atoms with Gasteiger partial charge in [0.1, 0.15) is 12.2 Å². The molecular weight excluding hydrogens is 456 g/mol. The average molecular weight is 478 g/mol. The van der Waals surface area contributed by atoms with E-state index in [1.165, 1.54) is 12.3 Å². The fraction of sp³-hybridized carbons (Fsp3) is 0.571. The second kappa shape index (κ2) is 12.5. The third-order valence-corrected chi connectivity index (χ3v) is 3.21. The molecule has 0 saturated carbocycles. The van der Waals surface area contributed by atoms with E-state index < -0.39 is 17.6 Å². The van der Waals surface area contributed by atoms with Crippen LogP contribution in [0.5, 0.6) is 5.88 Å². The molecule has 0 aliphatic heterocycles. The number of thioether (sulfide) groups is 1. The topological polar surface area (TPSA) is 58.5 Å². The maximum absolute atomic E-state index is 12.8. The molecule has 0 spiro atoms. The Balaban J connectivity index is 0.00000529. The lowest BCUT2D eigenvalue weighted by Crippen LogP contribution is -2.39. The quantitative estimate of drug-likeness (QED) is 0.261. The van der Waals surface area contributed by atoms with Crippen molar-refractivity contribution in [3.8, 4) is 5.88 Å². The molecule has 0 radical (unpaired) electrons. The number of nitrogens with one attached hydrogen (secondary N) is 2. The third kappa shape index (κ3) is 8.81. The van der Waals surface area contributed by atoms with Crippen LogP contribution in [0.25, 0.3) is 0 Å². The fourth-order valence-electron chi connectivity index (χ4n) is 1.63. The molecular formula is C14H22F3IN4OS. The van der Waals surface area contributed by atoms with Crippen LogP contribution in [-0.2, 0) is 6.18 Å². The predicted octanol–water partition coefficient (Wildman–Crippen LogP) is 3.02. The Bertz CT molecular complexity index is 503. The van der Waals surface area contributed by atoms with Crippen molar-refractivity contribution < 1.29 is 17.9 Å². The minimum absolute atomic E-state index is 0. The molecule has 1 aromatic rings. The van der Waals surface area contributed by atoms with Crippen LogP contribution >= 0.6 is 35.7 Å². The van der Waals surface area contributed by atoms with Crippen LogP contribution in [0, 0.1) is 0 Å².